The molecule has 2 heteroatoms. The van der Waals surface area contributed by atoms with Crippen molar-refractivity contribution in [3.63, 3.8) is 0 Å². The molecular weight excluding hydrogens is 398 g/mol. The minimum atomic E-state index is -0.109. The van der Waals surface area contributed by atoms with Crippen LogP contribution in [0, 0.1) is 28.6 Å². The molecule has 0 spiro atoms. The average Bonchev–Trinajstić information content (AvgIpc) is 2.42. The lowest BCUT2D eigenvalue weighted by Crippen LogP contribution is -2.24. The Labute approximate surface area is 192 Å². The fraction of sp³-hybridized carbons (Fsp3) is 0.786. The molecule has 0 aliphatic carbocycles. The van der Waals surface area contributed by atoms with Gasteiger partial charge in [-0.25, -0.2) is 0 Å². The van der Waals surface area contributed by atoms with Crippen LogP contribution in [-0.4, -0.2) is 24.6 Å². The quantitative estimate of drug-likeness (QED) is 0.362. The first-order valence-corrected chi connectivity index (χ1v) is 15.4. The Morgan fingerprint density at radius 1 is 0.567 bits per heavy atom. The number of rotatable bonds is 7. The van der Waals surface area contributed by atoms with E-state index in [1.165, 1.54) is 30.2 Å². The van der Waals surface area contributed by atoms with Gasteiger partial charge >= 0.3 is 0 Å². The predicted octanol–water partition coefficient (Wildman–Crippen LogP) is 10.1. The third-order valence-corrected chi connectivity index (χ3v) is 14.2. The van der Waals surface area contributed by atoms with E-state index in [2.05, 4.69) is 114 Å². The van der Waals surface area contributed by atoms with Crippen molar-refractivity contribution < 1.29 is 0 Å². The van der Waals surface area contributed by atoms with Crippen molar-refractivity contribution in [1.82, 2.24) is 0 Å². The van der Waals surface area contributed by atoms with Crippen molar-refractivity contribution in [1.29, 1.82) is 0 Å². The number of hydrogen-bond donors (Lipinski definition) is 0. The van der Waals surface area contributed by atoms with Crippen molar-refractivity contribution in [3.8, 4) is 0 Å². The van der Waals surface area contributed by atoms with Crippen LogP contribution in [0.15, 0.2) is 24.3 Å². The minimum absolute atomic E-state index is 0.109. The van der Waals surface area contributed by atoms with Gasteiger partial charge in [0.25, 0.3) is 0 Å². The smallest absolute Gasteiger partial charge is 0.0245 e. The Hall–Kier alpha value is 0.0800. The summed E-state index contributed by atoms with van der Waals surface area (Å²) in [4.78, 5) is 0. The molecule has 0 aromatic heterocycles. The van der Waals surface area contributed by atoms with Gasteiger partial charge in [-0.15, -0.1) is 0 Å². The highest BCUT2D eigenvalue weighted by Crippen LogP contribution is 2.72. The molecule has 0 fully saturated rings. The van der Waals surface area contributed by atoms with Gasteiger partial charge in [-0.1, -0.05) is 123 Å². The van der Waals surface area contributed by atoms with Crippen LogP contribution in [0.3, 0.4) is 0 Å². The molecule has 1 aromatic carbocycles. The molecule has 30 heavy (non-hydrogen) atoms. The molecule has 0 unspecified atom stereocenters. The van der Waals surface area contributed by atoms with Crippen LogP contribution in [0.25, 0.3) is 0 Å². The SMILES string of the molecule is Cc1ccccc1C(P(CC(C)(C)C)CC(C)(C)C)P(CC(C)(C)C)CC(C)(C)C. The normalized spacial score (nSPS) is 14.3. The Morgan fingerprint density at radius 2 is 0.867 bits per heavy atom. The highest BCUT2D eigenvalue weighted by Gasteiger charge is 2.38. The molecule has 0 atom stereocenters. The van der Waals surface area contributed by atoms with Gasteiger partial charge in [0.05, 0.1) is 0 Å². The van der Waals surface area contributed by atoms with E-state index in [-0.39, 0.29) is 15.8 Å². The number of aryl methyl sites for hydroxylation is 1. The lowest BCUT2D eigenvalue weighted by atomic mass is 10.00. The van der Waals surface area contributed by atoms with E-state index in [1.54, 1.807) is 5.56 Å². The lowest BCUT2D eigenvalue weighted by Gasteiger charge is -2.45. The fourth-order valence-corrected chi connectivity index (χ4v) is 14.4. The van der Waals surface area contributed by atoms with E-state index in [1.807, 2.05) is 0 Å². The third-order valence-electron chi connectivity index (χ3n) is 4.87. The van der Waals surface area contributed by atoms with Crippen LogP contribution in [0.2, 0.25) is 0 Å². The van der Waals surface area contributed by atoms with E-state index in [4.69, 9.17) is 0 Å². The molecule has 1 aromatic rings. The minimum Gasteiger partial charge on any atom is -0.0934 e. The highest BCUT2D eigenvalue weighted by molar-refractivity contribution is 7.75. The summed E-state index contributed by atoms with van der Waals surface area (Å²) in [5, 5.41) is 0.744. The highest BCUT2D eigenvalue weighted by atomic mass is 31.2. The van der Waals surface area contributed by atoms with Crippen LogP contribution < -0.4 is 0 Å². The summed E-state index contributed by atoms with van der Waals surface area (Å²) in [6.45, 7) is 31.8. The molecule has 0 nitrogen and oxygen atoms in total. The van der Waals surface area contributed by atoms with E-state index in [9.17, 15) is 0 Å². The zero-order chi connectivity index (χ0) is 23.5. The molecule has 0 N–H and O–H groups in total. The van der Waals surface area contributed by atoms with Crippen molar-refractivity contribution in [2.45, 2.75) is 95.4 Å². The van der Waals surface area contributed by atoms with E-state index in [0.29, 0.717) is 21.7 Å². The van der Waals surface area contributed by atoms with Crippen LogP contribution >= 0.6 is 15.8 Å². The molecule has 0 radical (unpaired) electrons. The zero-order valence-corrected chi connectivity index (χ0v) is 24.4. The third kappa shape index (κ3) is 11.1. The van der Waals surface area contributed by atoms with Crippen LogP contribution in [0.5, 0.6) is 0 Å². The lowest BCUT2D eigenvalue weighted by molar-refractivity contribution is 0.454. The molecule has 0 heterocycles. The van der Waals surface area contributed by atoms with E-state index < -0.39 is 0 Å². The van der Waals surface area contributed by atoms with Gasteiger partial charge in [0, 0.05) is 5.40 Å². The summed E-state index contributed by atoms with van der Waals surface area (Å²) in [7, 11) is -0.218. The monoisotopic (exact) mass is 450 g/mol. The fourth-order valence-electron chi connectivity index (χ4n) is 4.40. The molecule has 174 valence electrons. The Morgan fingerprint density at radius 3 is 1.13 bits per heavy atom. The molecular formula is C28H52P2. The summed E-state index contributed by atoms with van der Waals surface area (Å²) in [6.07, 6.45) is 5.47. The second kappa shape index (κ2) is 10.3. The molecule has 0 saturated heterocycles. The van der Waals surface area contributed by atoms with Gasteiger partial charge < -0.3 is 0 Å². The first-order valence-electron chi connectivity index (χ1n) is 11.8. The van der Waals surface area contributed by atoms with E-state index >= 15 is 0 Å². The maximum atomic E-state index is 2.47. The van der Waals surface area contributed by atoms with Gasteiger partial charge in [0.15, 0.2) is 0 Å². The van der Waals surface area contributed by atoms with Gasteiger partial charge in [-0.05, 0) is 64.4 Å². The summed E-state index contributed by atoms with van der Waals surface area (Å²) >= 11 is 0. The Kier molecular flexibility index (Phi) is 9.69. The maximum absolute atomic E-state index is 2.47. The second-order valence-electron chi connectivity index (χ2n) is 14.3. The van der Waals surface area contributed by atoms with Gasteiger partial charge in [-0.3, -0.25) is 0 Å². The predicted molar refractivity (Wildman–Crippen MR) is 145 cm³/mol. The Balaban J connectivity index is 3.64. The molecule has 0 saturated carbocycles. The first kappa shape index (κ1) is 28.1. The molecule has 0 bridgehead atoms. The summed E-state index contributed by atoms with van der Waals surface area (Å²) in [5.41, 5.74) is 4.68. The molecule has 0 aliphatic heterocycles. The average molecular weight is 451 g/mol. The zero-order valence-electron chi connectivity index (χ0n) is 22.6. The van der Waals surface area contributed by atoms with Gasteiger partial charge in [0.2, 0.25) is 0 Å². The summed E-state index contributed by atoms with van der Waals surface area (Å²) in [5.74, 6) is 0. The maximum Gasteiger partial charge on any atom is 0.0245 e. The first-order chi connectivity index (χ1) is 13.3. The largest absolute Gasteiger partial charge is 0.0934 e. The van der Waals surface area contributed by atoms with Crippen LogP contribution in [0.4, 0.5) is 0 Å². The molecule has 1 rings (SSSR count). The van der Waals surface area contributed by atoms with Gasteiger partial charge in [-0.2, -0.15) is 0 Å². The number of benzene rings is 1. The van der Waals surface area contributed by atoms with Crippen molar-refractivity contribution in [3.05, 3.63) is 35.4 Å². The van der Waals surface area contributed by atoms with Crippen molar-refractivity contribution in [2.24, 2.45) is 21.7 Å². The van der Waals surface area contributed by atoms with Crippen LogP contribution in [0.1, 0.15) is 99.6 Å². The van der Waals surface area contributed by atoms with Gasteiger partial charge in [0.1, 0.15) is 0 Å². The summed E-state index contributed by atoms with van der Waals surface area (Å²) in [6, 6.07) is 9.34. The number of hydrogen-bond acceptors (Lipinski definition) is 0. The standard InChI is InChI=1S/C28H52P2/c1-22-16-14-15-17-23(22)24(29(18-25(2,3)4)19-26(5,6)7)30(20-27(8,9)10)21-28(11,12)13/h14-17,24H,18-21H2,1-13H3. The van der Waals surface area contributed by atoms with Crippen molar-refractivity contribution >= 4 is 15.8 Å². The van der Waals surface area contributed by atoms with Crippen molar-refractivity contribution in [2.75, 3.05) is 24.6 Å². The molecule has 0 aliphatic rings. The van der Waals surface area contributed by atoms with E-state index in [0.717, 1.165) is 5.40 Å². The second-order valence-corrected chi connectivity index (χ2v) is 19.3. The topological polar surface area (TPSA) is 0 Å². The summed E-state index contributed by atoms with van der Waals surface area (Å²) < 4.78 is 0. The van der Waals surface area contributed by atoms with Crippen LogP contribution in [-0.2, 0) is 0 Å². The molecule has 0 amide bonds. The Bertz CT molecular complexity index is 579.